The SMILES string of the molecule is COc1cc(F)c(-c2c(F)ccc(C(=O)Nc3cnccc3OCC3(CN)CCCCC3)c2F)c(F)c1.Cl.Cl. The second-order valence-corrected chi connectivity index (χ2v) is 9.13. The van der Waals surface area contributed by atoms with Crippen molar-refractivity contribution in [1.82, 2.24) is 4.98 Å². The Bertz CT molecular complexity index is 1280. The Kier molecular flexibility index (Phi) is 11.4. The van der Waals surface area contributed by atoms with E-state index >= 15 is 4.39 Å². The molecule has 1 heterocycles. The van der Waals surface area contributed by atoms with Crippen LogP contribution >= 0.6 is 24.8 Å². The summed E-state index contributed by atoms with van der Waals surface area (Å²) >= 11 is 0. The maximum atomic E-state index is 15.4. The number of carbonyl (C=O) groups is 1. The molecule has 0 unspecified atom stereocenters. The molecule has 1 saturated carbocycles. The minimum absolute atomic E-state index is 0. The van der Waals surface area contributed by atoms with E-state index in [4.69, 9.17) is 15.2 Å². The van der Waals surface area contributed by atoms with Crippen LogP contribution in [0.3, 0.4) is 0 Å². The summed E-state index contributed by atoms with van der Waals surface area (Å²) in [6, 6.07) is 4.81. The van der Waals surface area contributed by atoms with Gasteiger partial charge in [-0.15, -0.1) is 24.8 Å². The summed E-state index contributed by atoms with van der Waals surface area (Å²) in [7, 11) is 1.20. The molecular weight excluding hydrogens is 561 g/mol. The first-order valence-electron chi connectivity index (χ1n) is 11.9. The fourth-order valence-electron chi connectivity index (χ4n) is 4.59. The molecule has 1 aliphatic carbocycles. The standard InChI is InChI=1S/C27H27F4N3O3.2ClH/c1-36-16-11-19(29)23(20(30)12-16)24-18(28)6-5-17(25(24)31)26(35)34-21-13-33-10-7-22(21)37-15-27(14-32)8-3-2-4-9-27;;/h5-7,10-13H,2-4,8-9,14-15,32H2,1H3,(H,34,35);2*1H. The van der Waals surface area contributed by atoms with E-state index in [1.807, 2.05) is 0 Å². The third-order valence-corrected chi connectivity index (χ3v) is 6.75. The lowest BCUT2D eigenvalue weighted by Crippen LogP contribution is -2.38. The summed E-state index contributed by atoms with van der Waals surface area (Å²) < 4.78 is 69.9. The fourth-order valence-corrected chi connectivity index (χ4v) is 4.59. The predicted octanol–water partition coefficient (Wildman–Crippen LogP) is 6.70. The van der Waals surface area contributed by atoms with E-state index in [0.29, 0.717) is 18.9 Å². The summed E-state index contributed by atoms with van der Waals surface area (Å²) in [5, 5.41) is 2.50. The summed E-state index contributed by atoms with van der Waals surface area (Å²) in [5.74, 6) is -5.98. The van der Waals surface area contributed by atoms with Gasteiger partial charge in [-0.25, -0.2) is 17.6 Å². The number of ether oxygens (including phenoxy) is 2. The molecule has 0 radical (unpaired) electrons. The van der Waals surface area contributed by atoms with Crippen LogP contribution in [0.15, 0.2) is 42.7 Å². The van der Waals surface area contributed by atoms with Gasteiger partial charge in [-0.1, -0.05) is 19.3 Å². The van der Waals surface area contributed by atoms with Crippen molar-refractivity contribution in [3.05, 3.63) is 71.6 Å². The molecule has 3 N–H and O–H groups in total. The van der Waals surface area contributed by atoms with Gasteiger partial charge < -0.3 is 20.5 Å². The van der Waals surface area contributed by atoms with Gasteiger partial charge in [0.15, 0.2) is 0 Å². The molecule has 6 nitrogen and oxygen atoms in total. The van der Waals surface area contributed by atoms with Gasteiger partial charge in [-0.3, -0.25) is 9.78 Å². The lowest BCUT2D eigenvalue weighted by Gasteiger charge is -2.36. The molecule has 0 saturated heterocycles. The molecule has 12 heteroatoms. The molecule has 0 aliphatic heterocycles. The molecule has 1 aromatic heterocycles. The lowest BCUT2D eigenvalue weighted by molar-refractivity contribution is 0.101. The molecule has 2 aromatic carbocycles. The van der Waals surface area contributed by atoms with E-state index in [1.165, 1.54) is 19.5 Å². The van der Waals surface area contributed by atoms with E-state index in [9.17, 15) is 18.0 Å². The van der Waals surface area contributed by atoms with Crippen molar-refractivity contribution in [2.24, 2.45) is 11.1 Å². The molecule has 1 aliphatic rings. The molecule has 4 rings (SSSR count). The Labute approximate surface area is 236 Å². The molecular formula is C27H29Cl2F4N3O3. The Morgan fingerprint density at radius 2 is 1.67 bits per heavy atom. The van der Waals surface area contributed by atoms with Crippen LogP contribution in [-0.2, 0) is 0 Å². The van der Waals surface area contributed by atoms with E-state index in [-0.39, 0.29) is 41.7 Å². The molecule has 0 spiro atoms. The number of carbonyl (C=O) groups excluding carboxylic acids is 1. The zero-order chi connectivity index (χ0) is 26.6. The van der Waals surface area contributed by atoms with Gasteiger partial charge >= 0.3 is 0 Å². The first kappa shape index (κ1) is 32.1. The van der Waals surface area contributed by atoms with Crippen LogP contribution < -0.4 is 20.5 Å². The van der Waals surface area contributed by atoms with Gasteiger partial charge in [0.25, 0.3) is 5.91 Å². The van der Waals surface area contributed by atoms with Crippen LogP contribution in [0.1, 0.15) is 42.5 Å². The van der Waals surface area contributed by atoms with E-state index < -0.39 is 45.9 Å². The van der Waals surface area contributed by atoms with Crippen molar-refractivity contribution in [2.45, 2.75) is 32.1 Å². The average molecular weight is 590 g/mol. The van der Waals surface area contributed by atoms with Crippen LogP contribution in [-0.4, -0.2) is 31.2 Å². The number of nitrogens with two attached hydrogens (primary N) is 1. The van der Waals surface area contributed by atoms with E-state index in [1.54, 1.807) is 6.07 Å². The second-order valence-electron chi connectivity index (χ2n) is 9.13. The van der Waals surface area contributed by atoms with Crippen molar-refractivity contribution >= 4 is 36.4 Å². The number of hydrogen-bond acceptors (Lipinski definition) is 5. The van der Waals surface area contributed by atoms with Crippen LogP contribution in [0, 0.1) is 28.7 Å². The number of pyridine rings is 1. The van der Waals surface area contributed by atoms with Gasteiger partial charge in [0.05, 0.1) is 36.6 Å². The van der Waals surface area contributed by atoms with Gasteiger partial charge in [0.1, 0.15) is 40.5 Å². The Balaban J connectivity index is 0.00000267. The summed E-state index contributed by atoms with van der Waals surface area (Å²) in [6.07, 6.45) is 7.93. The zero-order valence-electron chi connectivity index (χ0n) is 21.1. The van der Waals surface area contributed by atoms with Gasteiger partial charge in [-0.2, -0.15) is 0 Å². The molecule has 1 fully saturated rings. The fraction of sp³-hybridized carbons (Fsp3) is 0.333. The number of benzene rings is 2. The maximum Gasteiger partial charge on any atom is 0.258 e. The number of aromatic nitrogens is 1. The monoisotopic (exact) mass is 589 g/mol. The van der Waals surface area contributed by atoms with Crippen LogP contribution in [0.2, 0.25) is 0 Å². The Morgan fingerprint density at radius 1 is 1.00 bits per heavy atom. The van der Waals surface area contributed by atoms with Crippen molar-refractivity contribution in [2.75, 3.05) is 25.6 Å². The molecule has 0 bridgehead atoms. The van der Waals surface area contributed by atoms with Crippen LogP contribution in [0.4, 0.5) is 23.2 Å². The van der Waals surface area contributed by atoms with Gasteiger partial charge in [-0.05, 0) is 25.0 Å². The molecule has 0 atom stereocenters. The summed E-state index contributed by atoms with van der Waals surface area (Å²) in [6.45, 7) is 0.795. The van der Waals surface area contributed by atoms with Crippen molar-refractivity contribution in [3.8, 4) is 22.6 Å². The van der Waals surface area contributed by atoms with Crippen molar-refractivity contribution in [3.63, 3.8) is 0 Å². The highest BCUT2D eigenvalue weighted by molar-refractivity contribution is 6.06. The quantitative estimate of drug-likeness (QED) is 0.286. The number of nitrogens with one attached hydrogen (secondary N) is 1. The predicted molar refractivity (Wildman–Crippen MR) is 145 cm³/mol. The lowest BCUT2D eigenvalue weighted by atomic mass is 9.75. The van der Waals surface area contributed by atoms with Gasteiger partial charge in [0, 0.05) is 36.4 Å². The number of methoxy groups -OCH3 is 1. The maximum absolute atomic E-state index is 15.4. The highest BCUT2D eigenvalue weighted by Crippen LogP contribution is 2.38. The number of rotatable bonds is 8. The largest absolute Gasteiger partial charge is 0.497 e. The minimum atomic E-state index is -1.42. The molecule has 212 valence electrons. The molecule has 39 heavy (non-hydrogen) atoms. The molecule has 3 aromatic rings. The Morgan fingerprint density at radius 3 is 2.28 bits per heavy atom. The highest BCUT2D eigenvalue weighted by atomic mass is 35.5. The third kappa shape index (κ3) is 6.93. The number of nitrogens with zero attached hydrogens (tertiary/aromatic N) is 1. The number of halogens is 6. The third-order valence-electron chi connectivity index (χ3n) is 6.75. The first-order chi connectivity index (χ1) is 17.8. The van der Waals surface area contributed by atoms with Gasteiger partial charge in [0.2, 0.25) is 0 Å². The zero-order valence-corrected chi connectivity index (χ0v) is 22.7. The second kappa shape index (κ2) is 13.8. The molecule has 1 amide bonds. The summed E-state index contributed by atoms with van der Waals surface area (Å²) in [4.78, 5) is 17.0. The average Bonchev–Trinajstić information content (AvgIpc) is 2.90. The van der Waals surface area contributed by atoms with E-state index in [0.717, 1.165) is 56.4 Å². The van der Waals surface area contributed by atoms with Crippen molar-refractivity contribution < 1.29 is 31.8 Å². The topological polar surface area (TPSA) is 86.5 Å². The number of anilines is 1. The number of hydrogen-bond donors (Lipinski definition) is 2. The summed E-state index contributed by atoms with van der Waals surface area (Å²) in [5.41, 5.74) is 3.44. The van der Waals surface area contributed by atoms with Crippen molar-refractivity contribution in [1.29, 1.82) is 0 Å². The smallest absolute Gasteiger partial charge is 0.258 e. The first-order valence-corrected chi connectivity index (χ1v) is 11.9. The highest BCUT2D eigenvalue weighted by Gasteiger charge is 2.32. The minimum Gasteiger partial charge on any atom is -0.497 e. The Hall–Kier alpha value is -3.08. The number of amides is 1. The normalized spacial score (nSPS) is 14.0. The van der Waals surface area contributed by atoms with E-state index in [2.05, 4.69) is 10.3 Å². The van der Waals surface area contributed by atoms with Crippen LogP contribution in [0.25, 0.3) is 11.1 Å². The van der Waals surface area contributed by atoms with Crippen LogP contribution in [0.5, 0.6) is 11.5 Å².